The molecule has 0 spiro atoms. The van der Waals surface area contributed by atoms with E-state index in [1.54, 1.807) is 18.2 Å². The van der Waals surface area contributed by atoms with Gasteiger partial charge in [0, 0.05) is 16.4 Å². The zero-order valence-corrected chi connectivity index (χ0v) is 19.2. The molecule has 7 nitrogen and oxygen atoms in total. The van der Waals surface area contributed by atoms with Gasteiger partial charge < -0.3 is 9.47 Å². The number of rotatable bonds is 5. The van der Waals surface area contributed by atoms with E-state index in [-0.39, 0.29) is 17.9 Å². The van der Waals surface area contributed by atoms with E-state index in [9.17, 15) is 14.4 Å². The summed E-state index contributed by atoms with van der Waals surface area (Å²) in [6, 6.07) is 4.94. The molecule has 8 heteroatoms. The van der Waals surface area contributed by atoms with Crippen molar-refractivity contribution in [3.63, 3.8) is 0 Å². The van der Waals surface area contributed by atoms with E-state index in [4.69, 9.17) is 9.47 Å². The van der Waals surface area contributed by atoms with E-state index < -0.39 is 11.1 Å². The molecule has 31 heavy (non-hydrogen) atoms. The first-order valence-corrected chi connectivity index (χ1v) is 11.0. The van der Waals surface area contributed by atoms with E-state index in [0.717, 1.165) is 34.3 Å². The van der Waals surface area contributed by atoms with Crippen LogP contribution in [0.25, 0.3) is 15.9 Å². The Kier molecular flexibility index (Phi) is 5.29. The van der Waals surface area contributed by atoms with Crippen molar-refractivity contribution in [3.05, 3.63) is 49.5 Å². The largest absolute Gasteiger partial charge is 0.497 e. The lowest BCUT2D eigenvalue weighted by Gasteiger charge is -2.19. The minimum Gasteiger partial charge on any atom is -0.497 e. The van der Waals surface area contributed by atoms with Crippen LogP contribution < -0.4 is 20.7 Å². The second-order valence-corrected chi connectivity index (χ2v) is 9.84. The molecule has 0 saturated heterocycles. The number of carbonyl (C=O) groups excluding carboxylic acids is 1. The first-order chi connectivity index (χ1) is 14.7. The zero-order valence-electron chi connectivity index (χ0n) is 18.4. The van der Waals surface area contributed by atoms with Gasteiger partial charge in [0.2, 0.25) is 0 Å². The van der Waals surface area contributed by atoms with E-state index in [1.165, 1.54) is 30.1 Å². The Balaban J connectivity index is 2.07. The number of aromatic nitrogens is 2. The summed E-state index contributed by atoms with van der Waals surface area (Å²) in [7, 11) is 3.01. The molecule has 0 bridgehead atoms. The molecule has 0 N–H and O–H groups in total. The third kappa shape index (κ3) is 3.48. The topological polar surface area (TPSA) is 79.5 Å². The van der Waals surface area contributed by atoms with Crippen LogP contribution in [0.1, 0.15) is 37.6 Å². The number of aryl methyl sites for hydroxylation is 2. The second-order valence-electron chi connectivity index (χ2n) is 8.76. The van der Waals surface area contributed by atoms with Crippen LogP contribution in [0, 0.1) is 5.41 Å². The van der Waals surface area contributed by atoms with Gasteiger partial charge in [-0.2, -0.15) is 0 Å². The highest BCUT2D eigenvalue weighted by molar-refractivity contribution is 7.19. The van der Waals surface area contributed by atoms with Crippen LogP contribution in [0.3, 0.4) is 0 Å². The Morgan fingerprint density at radius 3 is 2.52 bits per heavy atom. The van der Waals surface area contributed by atoms with Crippen LogP contribution in [0.5, 0.6) is 11.5 Å². The van der Waals surface area contributed by atoms with Crippen molar-refractivity contribution in [1.29, 1.82) is 0 Å². The number of ether oxygens (including phenoxy) is 2. The van der Waals surface area contributed by atoms with Crippen molar-refractivity contribution < 1.29 is 14.3 Å². The Bertz CT molecular complexity index is 1310. The predicted octanol–water partition coefficient (Wildman–Crippen LogP) is 3.34. The number of hydrogen-bond acceptors (Lipinski definition) is 6. The van der Waals surface area contributed by atoms with Gasteiger partial charge in [0.05, 0.1) is 31.8 Å². The Morgan fingerprint density at radius 1 is 1.13 bits per heavy atom. The number of fused-ring (bicyclic) bond motifs is 3. The third-order valence-electron chi connectivity index (χ3n) is 5.75. The van der Waals surface area contributed by atoms with Crippen molar-refractivity contribution in [2.45, 2.75) is 46.6 Å². The van der Waals surface area contributed by atoms with E-state index in [1.807, 2.05) is 20.8 Å². The number of nitrogens with zero attached hydrogens (tertiary/aromatic N) is 2. The van der Waals surface area contributed by atoms with Gasteiger partial charge in [-0.25, -0.2) is 9.36 Å². The van der Waals surface area contributed by atoms with Gasteiger partial charge in [0.25, 0.3) is 5.56 Å². The quantitative estimate of drug-likeness (QED) is 0.606. The number of thiophene rings is 1. The predicted molar refractivity (Wildman–Crippen MR) is 121 cm³/mol. The molecule has 0 saturated carbocycles. The van der Waals surface area contributed by atoms with Crippen molar-refractivity contribution in [2.75, 3.05) is 14.2 Å². The number of methoxy groups -OCH3 is 2. The van der Waals surface area contributed by atoms with Gasteiger partial charge in [0.1, 0.15) is 16.3 Å². The van der Waals surface area contributed by atoms with Crippen LogP contribution in [0.4, 0.5) is 0 Å². The van der Waals surface area contributed by atoms with Gasteiger partial charge in [-0.15, -0.1) is 11.3 Å². The molecule has 1 aliphatic rings. The first-order valence-electron chi connectivity index (χ1n) is 10.2. The molecule has 0 atom stereocenters. The lowest BCUT2D eigenvalue weighted by Crippen LogP contribution is -2.41. The fourth-order valence-electron chi connectivity index (χ4n) is 3.91. The van der Waals surface area contributed by atoms with Crippen LogP contribution in [0.15, 0.2) is 27.8 Å². The van der Waals surface area contributed by atoms with Crippen LogP contribution >= 0.6 is 11.3 Å². The first kappa shape index (κ1) is 21.4. The summed E-state index contributed by atoms with van der Waals surface area (Å²) >= 11 is 1.46. The average Bonchev–Trinajstić information content (AvgIpc) is 3.31. The molecular formula is C23H26N2O5S. The molecule has 3 aromatic rings. The lowest BCUT2D eigenvalue weighted by molar-refractivity contribution is -0.126. The molecule has 0 unspecified atom stereocenters. The normalized spacial score (nSPS) is 13.5. The van der Waals surface area contributed by atoms with E-state index >= 15 is 0 Å². The summed E-state index contributed by atoms with van der Waals surface area (Å²) < 4.78 is 13.3. The van der Waals surface area contributed by atoms with Gasteiger partial charge in [-0.1, -0.05) is 20.8 Å². The van der Waals surface area contributed by atoms with Crippen molar-refractivity contribution >= 4 is 27.3 Å². The molecule has 0 radical (unpaired) electrons. The molecule has 2 aromatic heterocycles. The highest BCUT2D eigenvalue weighted by Crippen LogP contribution is 2.36. The monoisotopic (exact) mass is 442 g/mol. The maximum atomic E-state index is 13.6. The molecule has 1 aromatic carbocycles. The average molecular weight is 443 g/mol. The Labute approximate surface area is 183 Å². The zero-order chi connectivity index (χ0) is 22.5. The summed E-state index contributed by atoms with van der Waals surface area (Å²) in [5.74, 6) is 0.823. The smallest absolute Gasteiger partial charge is 0.337 e. The van der Waals surface area contributed by atoms with Crippen molar-refractivity contribution in [3.8, 4) is 17.2 Å². The number of benzene rings is 1. The molecule has 164 valence electrons. The number of ketones is 1. The molecule has 1 aliphatic carbocycles. The van der Waals surface area contributed by atoms with Crippen molar-refractivity contribution in [2.24, 2.45) is 5.41 Å². The van der Waals surface area contributed by atoms with Gasteiger partial charge in [0.15, 0.2) is 5.78 Å². The minimum absolute atomic E-state index is 0.0728. The Hall–Kier alpha value is -2.87. The molecule has 0 amide bonds. The number of hydrogen-bond donors (Lipinski definition) is 0. The summed E-state index contributed by atoms with van der Waals surface area (Å²) in [4.78, 5) is 41.8. The number of Topliss-reactive ketones (excluding diaryl/α,β-unsaturated/α-hetero) is 1. The fourth-order valence-corrected chi connectivity index (χ4v) is 5.28. The molecule has 4 rings (SSSR count). The maximum absolute atomic E-state index is 13.6. The fraction of sp³-hybridized carbons (Fsp3) is 0.435. The molecule has 0 fully saturated rings. The summed E-state index contributed by atoms with van der Waals surface area (Å²) in [6.45, 7) is 5.40. The summed E-state index contributed by atoms with van der Waals surface area (Å²) in [5, 5.41) is 0.539. The lowest BCUT2D eigenvalue weighted by atomic mass is 9.91. The highest BCUT2D eigenvalue weighted by atomic mass is 32.1. The van der Waals surface area contributed by atoms with Gasteiger partial charge in [-0.05, 0) is 37.0 Å². The third-order valence-corrected chi connectivity index (χ3v) is 7.07. The standard InChI is InChI=1S/C23H26N2O5S/c1-23(2,3)18(26)12-24-21-19(14-7-6-8-17(14)31-21)20(27)25(22(24)28)15-10-9-13(29-4)11-16(15)30-5/h9-11H,6-8,12H2,1-5H3. The Morgan fingerprint density at radius 2 is 1.87 bits per heavy atom. The van der Waals surface area contributed by atoms with Crippen LogP contribution in [0.2, 0.25) is 0 Å². The van der Waals surface area contributed by atoms with E-state index in [2.05, 4.69) is 0 Å². The van der Waals surface area contributed by atoms with E-state index in [0.29, 0.717) is 27.4 Å². The molecule has 2 heterocycles. The maximum Gasteiger partial charge on any atom is 0.337 e. The summed E-state index contributed by atoms with van der Waals surface area (Å²) in [5.41, 5.74) is -0.191. The van der Waals surface area contributed by atoms with Crippen LogP contribution in [-0.4, -0.2) is 29.1 Å². The van der Waals surface area contributed by atoms with Crippen LogP contribution in [-0.2, 0) is 24.2 Å². The molecule has 0 aliphatic heterocycles. The second kappa shape index (κ2) is 7.67. The SMILES string of the molecule is COc1ccc(-n2c(=O)c3c4c(sc3n(CC(=O)C(C)(C)C)c2=O)CCC4)c(OC)c1. The number of carbonyl (C=O) groups is 1. The van der Waals surface area contributed by atoms with Gasteiger partial charge in [-0.3, -0.25) is 14.2 Å². The minimum atomic E-state index is -0.607. The molecular weight excluding hydrogens is 416 g/mol. The van der Waals surface area contributed by atoms with Crippen molar-refractivity contribution in [1.82, 2.24) is 9.13 Å². The van der Waals surface area contributed by atoms with Gasteiger partial charge >= 0.3 is 5.69 Å². The highest BCUT2D eigenvalue weighted by Gasteiger charge is 2.29. The summed E-state index contributed by atoms with van der Waals surface area (Å²) in [6.07, 6.45) is 2.68.